The molecule has 2 aliphatic carbocycles. The minimum Gasteiger partial charge on any atom is -0.333 e. The highest BCUT2D eigenvalue weighted by molar-refractivity contribution is 5.95. The van der Waals surface area contributed by atoms with Crippen molar-refractivity contribution in [2.45, 2.75) is 31.3 Å². The van der Waals surface area contributed by atoms with E-state index in [-0.39, 0.29) is 18.0 Å². The van der Waals surface area contributed by atoms with Gasteiger partial charge in [0, 0.05) is 24.1 Å². The molecular formula is C22H26N4O2. The van der Waals surface area contributed by atoms with Crippen LogP contribution in [0, 0.1) is 5.92 Å². The molecule has 28 heavy (non-hydrogen) atoms. The van der Waals surface area contributed by atoms with Crippen LogP contribution < -0.4 is 16.2 Å². The first-order valence-electron chi connectivity index (χ1n) is 9.71. The maximum atomic E-state index is 12.2. The van der Waals surface area contributed by atoms with E-state index in [9.17, 15) is 9.59 Å². The summed E-state index contributed by atoms with van der Waals surface area (Å²) in [5.41, 5.74) is 9.34. The molecule has 0 aromatic heterocycles. The van der Waals surface area contributed by atoms with Crippen LogP contribution in [0.1, 0.15) is 39.4 Å². The number of aryl methyl sites for hydroxylation is 1. The average molecular weight is 378 g/mol. The molecule has 1 saturated carbocycles. The fourth-order valence-corrected chi connectivity index (χ4v) is 4.26. The first-order valence-corrected chi connectivity index (χ1v) is 9.71. The van der Waals surface area contributed by atoms with Gasteiger partial charge in [0.2, 0.25) is 0 Å². The third-order valence-corrected chi connectivity index (χ3v) is 5.63. The molecule has 0 aliphatic heterocycles. The molecule has 0 radical (unpaired) electrons. The van der Waals surface area contributed by atoms with E-state index in [1.165, 1.54) is 11.1 Å². The van der Waals surface area contributed by atoms with Gasteiger partial charge in [-0.2, -0.15) is 0 Å². The maximum absolute atomic E-state index is 12.2. The molecule has 3 atom stereocenters. The number of carbonyl (C=O) groups is 2. The van der Waals surface area contributed by atoms with Crippen molar-refractivity contribution >= 4 is 11.9 Å². The Kier molecular flexibility index (Phi) is 5.05. The van der Waals surface area contributed by atoms with Crippen LogP contribution in [0.4, 0.5) is 4.79 Å². The van der Waals surface area contributed by atoms with Crippen LogP contribution in [0.3, 0.4) is 0 Å². The van der Waals surface area contributed by atoms with Crippen molar-refractivity contribution in [1.82, 2.24) is 21.1 Å². The number of amides is 3. The Balaban J connectivity index is 1.27. The van der Waals surface area contributed by atoms with Gasteiger partial charge in [-0.15, -0.1) is 0 Å². The zero-order valence-electron chi connectivity index (χ0n) is 16.2. The van der Waals surface area contributed by atoms with Crippen molar-refractivity contribution < 1.29 is 9.59 Å². The Bertz CT molecular complexity index is 878. The van der Waals surface area contributed by atoms with E-state index in [1.54, 1.807) is 12.1 Å². The van der Waals surface area contributed by atoms with Gasteiger partial charge in [0.25, 0.3) is 5.91 Å². The molecule has 2 aromatic rings. The van der Waals surface area contributed by atoms with Crippen molar-refractivity contribution in [2.75, 3.05) is 14.1 Å². The molecule has 6 nitrogen and oxygen atoms in total. The summed E-state index contributed by atoms with van der Waals surface area (Å²) in [6.45, 7) is 0.815. The molecule has 0 bridgehead atoms. The quantitative estimate of drug-likeness (QED) is 0.716. The average Bonchev–Trinajstić information content (AvgIpc) is 3.39. The molecule has 0 heterocycles. The van der Waals surface area contributed by atoms with Crippen LogP contribution in [0.2, 0.25) is 0 Å². The maximum Gasteiger partial charge on any atom is 0.333 e. The smallest absolute Gasteiger partial charge is 0.333 e. The third kappa shape index (κ3) is 3.87. The van der Waals surface area contributed by atoms with E-state index in [0.717, 1.165) is 24.9 Å². The van der Waals surface area contributed by atoms with Crippen molar-refractivity contribution in [3.8, 4) is 0 Å². The molecule has 4 rings (SSSR count). The fraction of sp³-hybridized carbons (Fsp3) is 0.364. The molecule has 146 valence electrons. The Labute approximate surface area is 165 Å². The highest BCUT2D eigenvalue weighted by atomic mass is 16.2. The van der Waals surface area contributed by atoms with Crippen LogP contribution >= 0.6 is 0 Å². The fourth-order valence-electron chi connectivity index (χ4n) is 4.26. The summed E-state index contributed by atoms with van der Waals surface area (Å²) in [5, 5.41) is 3.00. The van der Waals surface area contributed by atoms with E-state index in [4.69, 9.17) is 0 Å². The second kappa shape index (κ2) is 7.64. The van der Waals surface area contributed by atoms with E-state index in [0.29, 0.717) is 17.4 Å². The molecule has 2 aliphatic rings. The standard InChI is InChI=1S/C22H26N4O2/c1-26(2)13-14-7-9-16(10-8-14)21(27)24-25-22(28)23-20-18-12-11-15-5-3-4-6-17(15)19(18)20/h3-10,18-20H,11-13H2,1-2H3,(H,24,27)(H2,23,25,28). The van der Waals surface area contributed by atoms with Crippen LogP contribution in [0.5, 0.6) is 0 Å². The van der Waals surface area contributed by atoms with Crippen LogP contribution in [0.15, 0.2) is 48.5 Å². The normalized spacial score (nSPS) is 22.0. The van der Waals surface area contributed by atoms with Crippen LogP contribution in [-0.2, 0) is 13.0 Å². The molecule has 1 fully saturated rings. The minimum absolute atomic E-state index is 0.144. The van der Waals surface area contributed by atoms with Gasteiger partial charge < -0.3 is 10.2 Å². The number of nitrogens with zero attached hydrogens (tertiary/aromatic N) is 1. The summed E-state index contributed by atoms with van der Waals surface area (Å²) >= 11 is 0. The SMILES string of the molecule is CN(C)Cc1ccc(C(=O)NNC(=O)NC2C3CCc4ccccc4C32)cc1. The van der Waals surface area contributed by atoms with Gasteiger partial charge in [0.05, 0.1) is 0 Å². The first kappa shape index (κ1) is 18.5. The van der Waals surface area contributed by atoms with Crippen molar-refractivity contribution in [3.63, 3.8) is 0 Å². The lowest BCUT2D eigenvalue weighted by Crippen LogP contribution is -2.48. The number of fused-ring (bicyclic) bond motifs is 3. The van der Waals surface area contributed by atoms with E-state index < -0.39 is 0 Å². The summed E-state index contributed by atoms with van der Waals surface area (Å²) in [5.74, 6) is 0.571. The van der Waals surface area contributed by atoms with E-state index in [1.807, 2.05) is 26.2 Å². The Morgan fingerprint density at radius 2 is 1.79 bits per heavy atom. The topological polar surface area (TPSA) is 73.5 Å². The highest BCUT2D eigenvalue weighted by Crippen LogP contribution is 2.54. The summed E-state index contributed by atoms with van der Waals surface area (Å²) in [6.07, 6.45) is 2.16. The molecular weight excluding hydrogens is 352 g/mol. The molecule has 6 heteroatoms. The third-order valence-electron chi connectivity index (χ3n) is 5.63. The lowest BCUT2D eigenvalue weighted by atomic mass is 9.92. The van der Waals surface area contributed by atoms with Crippen molar-refractivity contribution in [3.05, 3.63) is 70.8 Å². The number of rotatable bonds is 4. The summed E-state index contributed by atoms with van der Waals surface area (Å²) < 4.78 is 0. The minimum atomic E-state index is -0.366. The number of hydrazine groups is 1. The zero-order valence-corrected chi connectivity index (χ0v) is 16.2. The monoisotopic (exact) mass is 378 g/mol. The van der Waals surface area contributed by atoms with Crippen molar-refractivity contribution in [1.29, 1.82) is 0 Å². The highest BCUT2D eigenvalue weighted by Gasteiger charge is 2.53. The van der Waals surface area contributed by atoms with Gasteiger partial charge in [-0.05, 0) is 61.7 Å². The van der Waals surface area contributed by atoms with Gasteiger partial charge >= 0.3 is 6.03 Å². The summed E-state index contributed by atoms with van der Waals surface area (Å²) in [6, 6.07) is 15.6. The molecule has 3 amide bonds. The molecule has 2 aromatic carbocycles. The predicted molar refractivity (Wildman–Crippen MR) is 108 cm³/mol. The zero-order chi connectivity index (χ0) is 19.7. The Morgan fingerprint density at radius 3 is 2.54 bits per heavy atom. The molecule has 3 N–H and O–H groups in total. The van der Waals surface area contributed by atoms with Crippen LogP contribution in [0.25, 0.3) is 0 Å². The van der Waals surface area contributed by atoms with E-state index >= 15 is 0 Å². The van der Waals surface area contributed by atoms with Gasteiger partial charge in [-0.1, -0.05) is 36.4 Å². The van der Waals surface area contributed by atoms with E-state index in [2.05, 4.69) is 45.3 Å². The molecule has 3 unspecified atom stereocenters. The summed E-state index contributed by atoms with van der Waals surface area (Å²) in [4.78, 5) is 26.5. The molecule has 0 saturated heterocycles. The Hall–Kier alpha value is -2.86. The predicted octanol–water partition coefficient (Wildman–Crippen LogP) is 2.42. The summed E-state index contributed by atoms with van der Waals surface area (Å²) in [7, 11) is 4.00. The number of benzene rings is 2. The second-order valence-corrected chi connectivity index (χ2v) is 7.94. The Morgan fingerprint density at radius 1 is 1.04 bits per heavy atom. The van der Waals surface area contributed by atoms with Gasteiger partial charge in [-0.25, -0.2) is 10.2 Å². The molecule has 0 spiro atoms. The number of nitrogens with one attached hydrogen (secondary N) is 3. The van der Waals surface area contributed by atoms with Crippen molar-refractivity contribution in [2.24, 2.45) is 5.92 Å². The lowest BCUT2D eigenvalue weighted by molar-refractivity contribution is 0.0936. The number of hydrogen-bond donors (Lipinski definition) is 3. The largest absolute Gasteiger partial charge is 0.333 e. The number of urea groups is 1. The van der Waals surface area contributed by atoms with Gasteiger partial charge in [0.1, 0.15) is 0 Å². The van der Waals surface area contributed by atoms with Gasteiger partial charge in [0.15, 0.2) is 0 Å². The van der Waals surface area contributed by atoms with Crippen LogP contribution in [-0.4, -0.2) is 37.0 Å². The second-order valence-electron chi connectivity index (χ2n) is 7.94. The number of hydrogen-bond acceptors (Lipinski definition) is 3. The first-order chi connectivity index (χ1) is 13.5. The number of carbonyl (C=O) groups excluding carboxylic acids is 2. The lowest BCUT2D eigenvalue weighted by Gasteiger charge is -2.13. The van der Waals surface area contributed by atoms with Gasteiger partial charge in [-0.3, -0.25) is 10.2 Å².